The normalized spacial score (nSPS) is 15.1. The van der Waals surface area contributed by atoms with Crippen molar-refractivity contribution in [3.63, 3.8) is 0 Å². The van der Waals surface area contributed by atoms with Gasteiger partial charge in [0.1, 0.15) is 12.2 Å². The third-order valence-electron chi connectivity index (χ3n) is 5.30. The fraction of sp³-hybridized carbons (Fsp3) is 0.174. The van der Waals surface area contributed by atoms with Crippen molar-refractivity contribution >= 4 is 46.5 Å². The van der Waals surface area contributed by atoms with Crippen LogP contribution < -0.4 is 5.32 Å². The van der Waals surface area contributed by atoms with Gasteiger partial charge in [0.25, 0.3) is 5.91 Å². The number of carbonyl (C=O) groups is 3. The molecular weight excluding hydrogens is 418 g/mol. The van der Waals surface area contributed by atoms with Gasteiger partial charge in [-0.1, -0.05) is 41.9 Å². The zero-order valence-electron chi connectivity index (χ0n) is 17.0. The number of halogens is 1. The summed E-state index contributed by atoms with van der Waals surface area (Å²) in [7, 11) is 1.20. The van der Waals surface area contributed by atoms with Gasteiger partial charge in [0.05, 0.1) is 7.11 Å². The van der Waals surface area contributed by atoms with Crippen molar-refractivity contribution in [1.82, 2.24) is 14.8 Å². The van der Waals surface area contributed by atoms with Gasteiger partial charge in [-0.25, -0.2) is 9.69 Å². The molecule has 0 aliphatic carbocycles. The highest BCUT2D eigenvalue weighted by Crippen LogP contribution is 2.29. The van der Waals surface area contributed by atoms with Gasteiger partial charge >= 0.3 is 12.0 Å². The third-order valence-corrected chi connectivity index (χ3v) is 5.55. The first-order valence-electron chi connectivity index (χ1n) is 9.62. The second-order valence-electron chi connectivity index (χ2n) is 7.18. The molecule has 0 atom stereocenters. The van der Waals surface area contributed by atoms with Gasteiger partial charge in [-0.15, -0.1) is 0 Å². The molecule has 0 saturated carbocycles. The van der Waals surface area contributed by atoms with E-state index < -0.39 is 24.5 Å². The molecule has 1 aliphatic rings. The van der Waals surface area contributed by atoms with Gasteiger partial charge in [0.2, 0.25) is 0 Å². The summed E-state index contributed by atoms with van der Waals surface area (Å²) >= 11 is 6.00. The van der Waals surface area contributed by atoms with Crippen molar-refractivity contribution < 1.29 is 19.1 Å². The number of nitrogens with zero attached hydrogens (tertiary/aromatic N) is 2. The van der Waals surface area contributed by atoms with Gasteiger partial charge < -0.3 is 14.6 Å². The first-order chi connectivity index (χ1) is 14.9. The molecule has 0 bridgehead atoms. The molecule has 1 aromatic heterocycles. The first kappa shape index (κ1) is 20.7. The number of nitrogens with one attached hydrogen (secondary N) is 1. The fourth-order valence-electron chi connectivity index (χ4n) is 3.67. The van der Waals surface area contributed by atoms with E-state index in [2.05, 4.69) is 14.6 Å². The molecule has 1 aliphatic heterocycles. The highest BCUT2D eigenvalue weighted by atomic mass is 35.5. The van der Waals surface area contributed by atoms with Crippen LogP contribution in [0.15, 0.2) is 54.2 Å². The number of imide groups is 1. The lowest BCUT2D eigenvalue weighted by Crippen LogP contribution is -2.36. The van der Waals surface area contributed by atoms with Gasteiger partial charge in [-0.3, -0.25) is 9.59 Å². The van der Waals surface area contributed by atoms with Crippen LogP contribution >= 0.6 is 11.6 Å². The fourth-order valence-corrected chi connectivity index (χ4v) is 3.80. The molecular formula is C23H20ClN3O4. The third kappa shape index (κ3) is 3.92. The van der Waals surface area contributed by atoms with Crippen LogP contribution in [0.2, 0.25) is 5.02 Å². The van der Waals surface area contributed by atoms with Crippen molar-refractivity contribution in [3.8, 4) is 0 Å². The van der Waals surface area contributed by atoms with E-state index in [1.54, 1.807) is 6.08 Å². The molecule has 0 unspecified atom stereocenters. The van der Waals surface area contributed by atoms with E-state index >= 15 is 0 Å². The van der Waals surface area contributed by atoms with Crippen molar-refractivity contribution in [1.29, 1.82) is 0 Å². The monoisotopic (exact) mass is 437 g/mol. The lowest BCUT2D eigenvalue weighted by molar-refractivity contribution is -0.143. The predicted molar refractivity (Wildman–Crippen MR) is 117 cm³/mol. The minimum Gasteiger partial charge on any atom is -0.468 e. The van der Waals surface area contributed by atoms with E-state index in [1.165, 1.54) is 7.11 Å². The number of amides is 3. The number of para-hydroxylation sites is 1. The summed E-state index contributed by atoms with van der Waals surface area (Å²) in [5.74, 6) is -1.23. The quantitative estimate of drug-likeness (QED) is 0.375. The number of hydrogen-bond acceptors (Lipinski definition) is 4. The Hall–Kier alpha value is -3.58. The summed E-state index contributed by atoms with van der Waals surface area (Å²) in [5.41, 5.74) is 3.98. The van der Waals surface area contributed by atoms with E-state index in [9.17, 15) is 14.4 Å². The second kappa shape index (κ2) is 8.28. The minimum absolute atomic E-state index is 0.117. The number of fused-ring (bicyclic) bond motifs is 1. The molecule has 3 aromatic rings. The number of urea groups is 1. The van der Waals surface area contributed by atoms with E-state index in [0.29, 0.717) is 11.6 Å². The molecule has 2 aromatic carbocycles. The average molecular weight is 438 g/mol. The zero-order chi connectivity index (χ0) is 22.1. The van der Waals surface area contributed by atoms with Crippen LogP contribution in [0.5, 0.6) is 0 Å². The SMILES string of the molecule is COC(=O)CN1C(=O)N/C(=C/c2c(C)n(Cc3ccc(Cl)cc3)c3ccccc23)C1=O. The summed E-state index contributed by atoms with van der Waals surface area (Å²) in [4.78, 5) is 37.2. The maximum absolute atomic E-state index is 12.7. The Bertz CT molecular complexity index is 1230. The van der Waals surface area contributed by atoms with Crippen LogP contribution in [0.1, 0.15) is 16.8 Å². The predicted octanol–water partition coefficient (Wildman–Crippen LogP) is 3.72. The second-order valence-corrected chi connectivity index (χ2v) is 7.62. The van der Waals surface area contributed by atoms with Crippen molar-refractivity contribution in [2.24, 2.45) is 0 Å². The van der Waals surface area contributed by atoms with Crippen LogP contribution in [0.3, 0.4) is 0 Å². The van der Waals surface area contributed by atoms with Gasteiger partial charge in [-0.2, -0.15) is 0 Å². The van der Waals surface area contributed by atoms with Crippen molar-refractivity contribution in [2.75, 3.05) is 13.7 Å². The standard InChI is InChI=1S/C23H20ClN3O4/c1-14-18(11-19-22(29)27(23(30)25-19)13-21(28)31-2)17-5-3-4-6-20(17)26(14)12-15-7-9-16(24)10-8-15/h3-11H,12-13H2,1-2H3,(H,25,30)/b19-11+. The zero-order valence-corrected chi connectivity index (χ0v) is 17.8. The molecule has 0 spiro atoms. The largest absolute Gasteiger partial charge is 0.468 e. The van der Waals surface area contributed by atoms with Crippen molar-refractivity contribution in [2.45, 2.75) is 13.5 Å². The Balaban J connectivity index is 1.74. The Morgan fingerprint density at radius 1 is 1.13 bits per heavy atom. The Morgan fingerprint density at radius 3 is 2.55 bits per heavy atom. The summed E-state index contributed by atoms with van der Waals surface area (Å²) < 4.78 is 6.71. The molecule has 1 N–H and O–H groups in total. The smallest absolute Gasteiger partial charge is 0.329 e. The average Bonchev–Trinajstić information content (AvgIpc) is 3.18. The molecule has 7 nitrogen and oxygen atoms in total. The van der Waals surface area contributed by atoms with Crippen LogP contribution in [0.4, 0.5) is 4.79 Å². The summed E-state index contributed by atoms with van der Waals surface area (Å²) in [6, 6.07) is 14.9. The van der Waals surface area contributed by atoms with Gasteiger partial charge in [0, 0.05) is 33.7 Å². The number of rotatable bonds is 5. The number of methoxy groups -OCH3 is 1. The van der Waals surface area contributed by atoms with E-state index in [1.807, 2.05) is 55.5 Å². The van der Waals surface area contributed by atoms with E-state index in [4.69, 9.17) is 11.6 Å². The summed E-state index contributed by atoms with van der Waals surface area (Å²) in [6.45, 7) is 2.16. The highest BCUT2D eigenvalue weighted by Gasteiger charge is 2.35. The number of benzene rings is 2. The summed E-state index contributed by atoms with van der Waals surface area (Å²) in [5, 5.41) is 4.19. The van der Waals surface area contributed by atoms with Gasteiger partial charge in [0.15, 0.2) is 0 Å². The van der Waals surface area contributed by atoms with Gasteiger partial charge in [-0.05, 0) is 36.8 Å². The Morgan fingerprint density at radius 2 is 1.84 bits per heavy atom. The van der Waals surface area contributed by atoms with Crippen LogP contribution in [-0.4, -0.2) is 41.0 Å². The highest BCUT2D eigenvalue weighted by molar-refractivity contribution is 6.30. The Labute approximate surface area is 183 Å². The van der Waals surface area contributed by atoms with Crippen molar-refractivity contribution in [3.05, 3.63) is 76.1 Å². The van der Waals surface area contributed by atoms with E-state index in [0.717, 1.165) is 32.6 Å². The molecule has 4 rings (SSSR count). The molecule has 158 valence electrons. The molecule has 3 amide bonds. The topological polar surface area (TPSA) is 80.6 Å². The molecule has 0 radical (unpaired) electrons. The number of esters is 1. The summed E-state index contributed by atoms with van der Waals surface area (Å²) in [6.07, 6.45) is 1.66. The molecule has 2 heterocycles. The number of carbonyl (C=O) groups excluding carboxylic acids is 3. The maximum Gasteiger partial charge on any atom is 0.329 e. The molecule has 1 fully saturated rings. The lowest BCUT2D eigenvalue weighted by atomic mass is 10.1. The van der Waals surface area contributed by atoms with E-state index in [-0.39, 0.29) is 5.70 Å². The Kier molecular flexibility index (Phi) is 5.52. The number of aromatic nitrogens is 1. The molecule has 1 saturated heterocycles. The van der Waals surface area contributed by atoms with Crippen LogP contribution in [0.25, 0.3) is 17.0 Å². The molecule has 8 heteroatoms. The van der Waals surface area contributed by atoms with Crippen LogP contribution in [-0.2, 0) is 20.9 Å². The minimum atomic E-state index is -0.666. The lowest BCUT2D eigenvalue weighted by Gasteiger charge is -2.09. The van der Waals surface area contributed by atoms with Crippen LogP contribution in [0, 0.1) is 6.92 Å². The maximum atomic E-state index is 12.7. The number of ether oxygens (including phenoxy) is 1. The number of hydrogen-bond donors (Lipinski definition) is 1. The molecule has 31 heavy (non-hydrogen) atoms. The first-order valence-corrected chi connectivity index (χ1v) is 10.0.